The van der Waals surface area contributed by atoms with Crippen molar-refractivity contribution in [1.29, 1.82) is 15.8 Å². The molecule has 0 atom stereocenters. The first kappa shape index (κ1) is 20.3. The molecule has 6 nitrogen and oxygen atoms in total. The SMILES string of the molecule is [C-]#[N+]/C(C#N)=c1/c2c(/c(=C(\C#N)[N+]#[C-])c3c1Cc1ccc([N+]#[C-])cc1-3)-c1cc(C#N)ccc1C2. The number of fused-ring (bicyclic) bond motifs is 6. The van der Waals surface area contributed by atoms with E-state index < -0.39 is 0 Å². The molecule has 34 heavy (non-hydrogen) atoms. The van der Waals surface area contributed by atoms with Gasteiger partial charge in [0.25, 0.3) is 11.4 Å². The molecule has 0 aromatic heterocycles. The number of hydrogen-bond donors (Lipinski definition) is 0. The van der Waals surface area contributed by atoms with Crippen LogP contribution in [0.4, 0.5) is 5.69 Å². The molecule has 0 N–H and O–H groups in total. The second kappa shape index (κ2) is 7.49. The molecule has 0 unspecified atom stereocenters. The van der Waals surface area contributed by atoms with E-state index in [1.807, 2.05) is 24.3 Å². The zero-order valence-electron chi connectivity index (χ0n) is 17.6. The lowest BCUT2D eigenvalue weighted by Gasteiger charge is -2.13. The van der Waals surface area contributed by atoms with Crippen LogP contribution in [0.1, 0.15) is 27.8 Å². The predicted octanol–water partition coefficient (Wildman–Crippen LogP) is 4.35. The minimum absolute atomic E-state index is 0.0492. The van der Waals surface area contributed by atoms with Gasteiger partial charge in [0.2, 0.25) is 0 Å². The third-order valence-corrected chi connectivity index (χ3v) is 6.35. The first-order valence-corrected chi connectivity index (χ1v) is 10.2. The summed E-state index contributed by atoms with van der Waals surface area (Å²) in [7, 11) is 0. The van der Waals surface area contributed by atoms with Gasteiger partial charge in [0.15, 0.2) is 5.69 Å². The highest BCUT2D eigenvalue weighted by molar-refractivity contribution is 5.94. The first-order valence-electron chi connectivity index (χ1n) is 10.2. The van der Waals surface area contributed by atoms with Crippen molar-refractivity contribution in [3.8, 4) is 40.5 Å². The van der Waals surface area contributed by atoms with Crippen molar-refractivity contribution in [3.05, 3.63) is 109 Å². The van der Waals surface area contributed by atoms with Crippen molar-refractivity contribution in [2.45, 2.75) is 12.8 Å². The van der Waals surface area contributed by atoms with Gasteiger partial charge in [-0.15, -0.1) is 0 Å². The molecule has 152 valence electrons. The molecule has 2 aliphatic rings. The van der Waals surface area contributed by atoms with Crippen molar-refractivity contribution in [2.24, 2.45) is 0 Å². The zero-order valence-corrected chi connectivity index (χ0v) is 17.6. The van der Waals surface area contributed by atoms with Gasteiger partial charge in [-0.3, -0.25) is 0 Å². The molecule has 0 amide bonds. The summed E-state index contributed by atoms with van der Waals surface area (Å²) in [5.41, 5.74) is 6.65. The molecule has 0 saturated carbocycles. The van der Waals surface area contributed by atoms with Crippen LogP contribution in [0.25, 0.3) is 48.2 Å². The van der Waals surface area contributed by atoms with E-state index in [1.54, 1.807) is 24.3 Å². The minimum Gasteiger partial charge on any atom is -0.238 e. The maximum Gasteiger partial charge on any atom is 0.270 e. The predicted molar refractivity (Wildman–Crippen MR) is 124 cm³/mol. The van der Waals surface area contributed by atoms with Crippen molar-refractivity contribution in [2.75, 3.05) is 0 Å². The van der Waals surface area contributed by atoms with Crippen LogP contribution in [-0.4, -0.2) is 0 Å². The topological polar surface area (TPSA) is 84.4 Å². The Morgan fingerprint density at radius 3 is 1.82 bits per heavy atom. The molecule has 2 aliphatic carbocycles. The van der Waals surface area contributed by atoms with Crippen molar-refractivity contribution in [1.82, 2.24) is 0 Å². The lowest BCUT2D eigenvalue weighted by molar-refractivity contribution is 1.17. The van der Waals surface area contributed by atoms with E-state index in [0.717, 1.165) is 33.4 Å². The number of hydrogen-bond acceptors (Lipinski definition) is 3. The standard InChI is InChI=1S/C28H10N6/c1-32-18-7-6-17-10-22-25(23(13-30)33-2)21-9-16-5-4-15(12-29)8-19(16)26(21)28(24(14-31)34-3)27(22)20(17)11-18/h4-8,11H,9-10H2/b25-23-,28-24-. The van der Waals surface area contributed by atoms with Gasteiger partial charge in [0.05, 0.1) is 43.5 Å². The Labute approximate surface area is 195 Å². The number of rotatable bonds is 0. The van der Waals surface area contributed by atoms with Crippen LogP contribution in [0.15, 0.2) is 36.4 Å². The summed E-state index contributed by atoms with van der Waals surface area (Å²) in [6, 6.07) is 16.8. The maximum absolute atomic E-state index is 9.90. The minimum atomic E-state index is -0.100. The highest BCUT2D eigenvalue weighted by Crippen LogP contribution is 2.41. The van der Waals surface area contributed by atoms with E-state index in [-0.39, 0.29) is 11.4 Å². The summed E-state index contributed by atoms with van der Waals surface area (Å²) >= 11 is 0. The fourth-order valence-electron chi connectivity index (χ4n) is 5.04. The van der Waals surface area contributed by atoms with Gasteiger partial charge >= 0.3 is 0 Å². The van der Waals surface area contributed by atoms with Crippen molar-refractivity contribution >= 4 is 17.1 Å². The Morgan fingerprint density at radius 2 is 1.29 bits per heavy atom. The number of nitrogens with zero attached hydrogens (tertiary/aromatic N) is 6. The highest BCUT2D eigenvalue weighted by Gasteiger charge is 2.32. The molecule has 0 aliphatic heterocycles. The normalized spacial score (nSPS) is 13.2. The lowest BCUT2D eigenvalue weighted by atomic mass is 9.90. The molecular formula is C28H10N6. The number of nitriles is 3. The fraction of sp³-hybridized carbons (Fsp3) is 0.0714. The molecule has 3 aromatic carbocycles. The quantitative estimate of drug-likeness (QED) is 0.342. The lowest BCUT2D eigenvalue weighted by Crippen LogP contribution is -2.25. The maximum atomic E-state index is 9.90. The monoisotopic (exact) mass is 430 g/mol. The molecule has 0 fully saturated rings. The van der Waals surface area contributed by atoms with E-state index in [2.05, 4.69) is 20.6 Å². The van der Waals surface area contributed by atoms with E-state index in [0.29, 0.717) is 45.7 Å². The summed E-state index contributed by atoms with van der Waals surface area (Å²) in [5, 5.41) is 30.2. The summed E-state index contributed by atoms with van der Waals surface area (Å²) in [4.78, 5) is 10.6. The molecule has 6 heteroatoms. The Hall–Kier alpha value is -5.66. The fourth-order valence-corrected chi connectivity index (χ4v) is 5.04. The van der Waals surface area contributed by atoms with E-state index in [9.17, 15) is 15.8 Å². The average molecular weight is 430 g/mol. The smallest absolute Gasteiger partial charge is 0.238 e. The molecule has 0 spiro atoms. The van der Waals surface area contributed by atoms with Crippen LogP contribution in [0.5, 0.6) is 0 Å². The van der Waals surface area contributed by atoms with Crippen LogP contribution in [0, 0.1) is 53.7 Å². The second-order valence-electron chi connectivity index (χ2n) is 7.89. The van der Waals surface area contributed by atoms with E-state index in [1.165, 1.54) is 0 Å². The first-order chi connectivity index (χ1) is 16.6. The molecule has 3 aromatic rings. The summed E-state index contributed by atoms with van der Waals surface area (Å²) < 4.78 is 0. The zero-order chi connectivity index (χ0) is 24.0. The van der Waals surface area contributed by atoms with E-state index in [4.69, 9.17) is 19.7 Å². The third-order valence-electron chi connectivity index (χ3n) is 6.35. The largest absolute Gasteiger partial charge is 0.270 e. The molecule has 0 heterocycles. The third kappa shape index (κ3) is 2.62. The highest BCUT2D eigenvalue weighted by atomic mass is 14.7. The van der Waals surface area contributed by atoms with Crippen LogP contribution in [-0.2, 0) is 12.8 Å². The van der Waals surface area contributed by atoms with Gasteiger partial charge in [0.1, 0.15) is 0 Å². The van der Waals surface area contributed by atoms with Crippen LogP contribution in [0.3, 0.4) is 0 Å². The van der Waals surface area contributed by atoms with Crippen molar-refractivity contribution in [3.63, 3.8) is 0 Å². The van der Waals surface area contributed by atoms with Gasteiger partial charge in [-0.25, -0.2) is 25.1 Å². The Kier molecular flexibility index (Phi) is 4.46. The summed E-state index contributed by atoms with van der Waals surface area (Å²) in [5.74, 6) is 0. The van der Waals surface area contributed by atoms with Crippen LogP contribution < -0.4 is 10.4 Å². The van der Waals surface area contributed by atoms with Gasteiger partial charge in [-0.05, 0) is 80.8 Å². The van der Waals surface area contributed by atoms with Gasteiger partial charge < -0.3 is 0 Å². The average Bonchev–Trinajstić information content (AvgIpc) is 3.43. The molecule has 0 radical (unpaired) electrons. The van der Waals surface area contributed by atoms with Gasteiger partial charge in [0, 0.05) is 5.22 Å². The van der Waals surface area contributed by atoms with Crippen LogP contribution >= 0.6 is 0 Å². The molecule has 0 saturated heterocycles. The van der Waals surface area contributed by atoms with Crippen LogP contribution in [0.2, 0.25) is 0 Å². The molecular weight excluding hydrogens is 420 g/mol. The summed E-state index contributed by atoms with van der Waals surface area (Å²) in [6.45, 7) is 22.8. The number of benzene rings is 3. The van der Waals surface area contributed by atoms with Gasteiger partial charge in [-0.1, -0.05) is 18.2 Å². The van der Waals surface area contributed by atoms with Gasteiger partial charge in [-0.2, -0.15) is 5.26 Å². The van der Waals surface area contributed by atoms with E-state index >= 15 is 0 Å². The Morgan fingerprint density at radius 1 is 0.735 bits per heavy atom. The molecule has 0 bridgehead atoms. The van der Waals surface area contributed by atoms with Crippen molar-refractivity contribution < 1.29 is 0 Å². The second-order valence-corrected chi connectivity index (χ2v) is 7.89. The Balaban J connectivity index is 2.14. The Bertz CT molecular complexity index is 1740. The molecule has 5 rings (SSSR count). The summed E-state index contributed by atoms with van der Waals surface area (Å²) in [6.07, 6.45) is 0.850.